The summed E-state index contributed by atoms with van der Waals surface area (Å²) in [6, 6.07) is 6.35. The van der Waals surface area contributed by atoms with Gasteiger partial charge in [-0.25, -0.2) is 15.0 Å². The van der Waals surface area contributed by atoms with Crippen molar-refractivity contribution in [2.24, 2.45) is 5.73 Å². The SMILES string of the molecule is NCCNc1ccc2c(C(=O)NCC(c3cnc(C(F)(F)F)nc3)N3CCOCC3)c(Cl)ccc2n1. The average molecular weight is 524 g/mol. The van der Waals surface area contributed by atoms with Crippen molar-refractivity contribution >= 4 is 34.2 Å². The number of halogens is 4. The molecule has 9 nitrogen and oxygen atoms in total. The topological polar surface area (TPSA) is 118 Å². The van der Waals surface area contributed by atoms with Crippen molar-refractivity contribution in [2.75, 3.05) is 51.3 Å². The summed E-state index contributed by atoms with van der Waals surface area (Å²) < 4.78 is 44.2. The Morgan fingerprint density at radius 1 is 1.17 bits per heavy atom. The number of rotatable bonds is 8. The first-order valence-electron chi connectivity index (χ1n) is 11.3. The lowest BCUT2D eigenvalue weighted by molar-refractivity contribution is -0.145. The van der Waals surface area contributed by atoms with Gasteiger partial charge in [-0.15, -0.1) is 0 Å². The van der Waals surface area contributed by atoms with Crippen LogP contribution in [-0.4, -0.2) is 71.7 Å². The number of alkyl halides is 3. The van der Waals surface area contributed by atoms with Crippen molar-refractivity contribution in [2.45, 2.75) is 12.2 Å². The number of pyridine rings is 1. The van der Waals surface area contributed by atoms with Gasteiger partial charge >= 0.3 is 6.18 Å². The number of ether oxygens (including phenoxy) is 1. The molecule has 1 aliphatic rings. The van der Waals surface area contributed by atoms with E-state index in [0.717, 1.165) is 12.4 Å². The number of nitrogens with two attached hydrogens (primary N) is 1. The maximum atomic E-state index is 13.3. The summed E-state index contributed by atoms with van der Waals surface area (Å²) in [5.74, 6) is -1.02. The smallest absolute Gasteiger partial charge is 0.379 e. The first-order chi connectivity index (χ1) is 17.3. The van der Waals surface area contributed by atoms with E-state index in [1.165, 1.54) is 0 Å². The van der Waals surface area contributed by atoms with E-state index in [1.807, 2.05) is 4.90 Å². The van der Waals surface area contributed by atoms with Crippen LogP contribution >= 0.6 is 11.6 Å². The number of carbonyl (C=O) groups is 1. The van der Waals surface area contributed by atoms with Gasteiger partial charge in [0.05, 0.1) is 35.4 Å². The minimum absolute atomic E-state index is 0.101. The zero-order valence-electron chi connectivity index (χ0n) is 19.2. The Morgan fingerprint density at radius 3 is 2.56 bits per heavy atom. The third-order valence-electron chi connectivity index (χ3n) is 5.75. The summed E-state index contributed by atoms with van der Waals surface area (Å²) in [6.07, 6.45) is -2.35. The van der Waals surface area contributed by atoms with Crippen molar-refractivity contribution in [3.63, 3.8) is 0 Å². The third-order valence-corrected chi connectivity index (χ3v) is 6.07. The van der Waals surface area contributed by atoms with Crippen molar-refractivity contribution in [3.8, 4) is 0 Å². The quantitative estimate of drug-likeness (QED) is 0.412. The van der Waals surface area contributed by atoms with E-state index >= 15 is 0 Å². The number of aromatic nitrogens is 3. The molecule has 1 saturated heterocycles. The molecule has 1 amide bonds. The van der Waals surface area contributed by atoms with Crippen LogP contribution in [-0.2, 0) is 10.9 Å². The molecule has 0 radical (unpaired) electrons. The second-order valence-electron chi connectivity index (χ2n) is 8.11. The highest BCUT2D eigenvalue weighted by Crippen LogP contribution is 2.29. The molecule has 4 rings (SSSR count). The van der Waals surface area contributed by atoms with Gasteiger partial charge in [0.15, 0.2) is 0 Å². The fourth-order valence-electron chi connectivity index (χ4n) is 3.99. The number of benzene rings is 1. The lowest BCUT2D eigenvalue weighted by Gasteiger charge is -2.34. The molecule has 1 aliphatic heterocycles. The number of amides is 1. The molecule has 13 heteroatoms. The Labute approximate surface area is 210 Å². The maximum Gasteiger partial charge on any atom is 0.451 e. The standard InChI is InChI=1S/C23H25ClF3N7O2/c24-16-2-3-17-15(1-4-19(33-17)29-6-5-28)20(16)21(35)30-13-18(34-7-9-36-10-8-34)14-11-31-22(32-12-14)23(25,26)27/h1-4,11-12,18H,5-10,13,28H2,(H,29,33)(H,30,35). The van der Waals surface area contributed by atoms with E-state index in [1.54, 1.807) is 24.3 Å². The Kier molecular flexibility index (Phi) is 8.19. The Hall–Kier alpha value is -3.06. The minimum Gasteiger partial charge on any atom is -0.379 e. The monoisotopic (exact) mass is 523 g/mol. The molecule has 0 bridgehead atoms. The first kappa shape index (κ1) is 26.0. The van der Waals surface area contributed by atoms with Crippen molar-refractivity contribution < 1.29 is 22.7 Å². The molecule has 4 N–H and O–H groups in total. The number of nitrogens with one attached hydrogen (secondary N) is 2. The van der Waals surface area contributed by atoms with Crippen molar-refractivity contribution in [3.05, 3.63) is 58.6 Å². The van der Waals surface area contributed by atoms with Crippen molar-refractivity contribution in [1.29, 1.82) is 0 Å². The zero-order valence-corrected chi connectivity index (χ0v) is 19.9. The molecule has 1 unspecified atom stereocenters. The summed E-state index contributed by atoms with van der Waals surface area (Å²) in [6.45, 7) is 3.11. The van der Waals surface area contributed by atoms with E-state index in [9.17, 15) is 18.0 Å². The van der Waals surface area contributed by atoms with Crippen LogP contribution < -0.4 is 16.4 Å². The molecule has 0 spiro atoms. The largest absolute Gasteiger partial charge is 0.451 e. The molecule has 36 heavy (non-hydrogen) atoms. The second-order valence-corrected chi connectivity index (χ2v) is 8.52. The molecular weight excluding hydrogens is 499 g/mol. The Bertz CT molecular complexity index is 1200. The fraction of sp³-hybridized carbons (Fsp3) is 0.391. The molecule has 0 aliphatic carbocycles. The minimum atomic E-state index is -4.64. The number of morpholine rings is 1. The summed E-state index contributed by atoms with van der Waals surface area (Å²) in [7, 11) is 0. The maximum absolute atomic E-state index is 13.3. The van der Waals surface area contributed by atoms with Gasteiger partial charge in [0.1, 0.15) is 5.82 Å². The number of anilines is 1. The molecule has 1 aromatic carbocycles. The summed E-state index contributed by atoms with van der Waals surface area (Å²) >= 11 is 6.39. The van der Waals surface area contributed by atoms with Gasteiger partial charge in [-0.1, -0.05) is 11.6 Å². The fourth-order valence-corrected chi connectivity index (χ4v) is 4.24. The Morgan fingerprint density at radius 2 is 1.89 bits per heavy atom. The van der Waals surface area contributed by atoms with Crippen LogP contribution in [0.25, 0.3) is 10.9 Å². The van der Waals surface area contributed by atoms with Gasteiger partial charge in [0.25, 0.3) is 5.91 Å². The highest BCUT2D eigenvalue weighted by Gasteiger charge is 2.35. The van der Waals surface area contributed by atoms with Crippen LogP contribution in [0.4, 0.5) is 19.0 Å². The van der Waals surface area contributed by atoms with E-state index in [0.29, 0.717) is 61.7 Å². The summed E-state index contributed by atoms with van der Waals surface area (Å²) in [5, 5.41) is 6.79. The van der Waals surface area contributed by atoms with Gasteiger partial charge in [-0.3, -0.25) is 9.69 Å². The number of carbonyl (C=O) groups excluding carboxylic acids is 1. The molecule has 2 aromatic heterocycles. The van der Waals surface area contributed by atoms with Crippen LogP contribution in [0.1, 0.15) is 27.8 Å². The van der Waals surface area contributed by atoms with Gasteiger partial charge in [0, 0.05) is 56.1 Å². The molecule has 1 atom stereocenters. The molecule has 192 valence electrons. The molecule has 1 fully saturated rings. The van der Waals surface area contributed by atoms with Gasteiger partial charge < -0.3 is 21.1 Å². The van der Waals surface area contributed by atoms with E-state index in [-0.39, 0.29) is 17.1 Å². The average Bonchev–Trinajstić information content (AvgIpc) is 2.87. The van der Waals surface area contributed by atoms with Crippen LogP contribution in [0.5, 0.6) is 0 Å². The van der Waals surface area contributed by atoms with Crippen LogP contribution in [0.15, 0.2) is 36.7 Å². The number of hydrogen-bond acceptors (Lipinski definition) is 8. The normalized spacial score (nSPS) is 15.6. The lowest BCUT2D eigenvalue weighted by atomic mass is 10.1. The number of hydrogen-bond donors (Lipinski definition) is 3. The van der Waals surface area contributed by atoms with Gasteiger partial charge in [-0.2, -0.15) is 13.2 Å². The molecule has 3 aromatic rings. The number of nitrogens with zero attached hydrogens (tertiary/aromatic N) is 4. The van der Waals surface area contributed by atoms with Crippen LogP contribution in [0.2, 0.25) is 5.02 Å². The molecule has 0 saturated carbocycles. The Balaban J connectivity index is 1.57. The molecule has 3 heterocycles. The summed E-state index contributed by atoms with van der Waals surface area (Å²) in [4.78, 5) is 26.7. The highest BCUT2D eigenvalue weighted by atomic mass is 35.5. The van der Waals surface area contributed by atoms with Gasteiger partial charge in [0.2, 0.25) is 5.82 Å². The zero-order chi connectivity index (χ0) is 25.7. The predicted octanol–water partition coefficient (Wildman–Crippen LogP) is 2.87. The first-order valence-corrected chi connectivity index (χ1v) is 11.7. The third kappa shape index (κ3) is 6.01. The highest BCUT2D eigenvalue weighted by molar-refractivity contribution is 6.35. The van der Waals surface area contributed by atoms with E-state index in [4.69, 9.17) is 22.1 Å². The predicted molar refractivity (Wildman–Crippen MR) is 129 cm³/mol. The van der Waals surface area contributed by atoms with E-state index < -0.39 is 23.9 Å². The lowest BCUT2D eigenvalue weighted by Crippen LogP contribution is -2.44. The molecular formula is C23H25ClF3N7O2. The van der Waals surface area contributed by atoms with Crippen molar-refractivity contribution in [1.82, 2.24) is 25.2 Å². The number of fused-ring (bicyclic) bond motifs is 1. The van der Waals surface area contributed by atoms with Crippen LogP contribution in [0, 0.1) is 0 Å². The summed E-state index contributed by atoms with van der Waals surface area (Å²) in [5.41, 5.74) is 6.81. The second kappa shape index (κ2) is 11.3. The van der Waals surface area contributed by atoms with Gasteiger partial charge in [-0.05, 0) is 24.3 Å². The van der Waals surface area contributed by atoms with Crippen LogP contribution in [0.3, 0.4) is 0 Å². The van der Waals surface area contributed by atoms with E-state index in [2.05, 4.69) is 25.6 Å².